The zero-order valence-electron chi connectivity index (χ0n) is 11.4. The number of nitrogens with zero attached hydrogens (tertiary/aromatic N) is 2. The Balaban J connectivity index is 1.50. The molecule has 0 radical (unpaired) electrons. The van der Waals surface area contributed by atoms with Crippen LogP contribution >= 0.6 is 0 Å². The Hall–Kier alpha value is -0.830. The van der Waals surface area contributed by atoms with Crippen LogP contribution in [0.1, 0.15) is 57.2 Å². The molecule has 0 aliphatic heterocycles. The molecule has 0 spiro atoms. The lowest BCUT2D eigenvalue weighted by atomic mass is 10.1. The minimum Gasteiger partial charge on any atom is -0.331 e. The van der Waals surface area contributed by atoms with Gasteiger partial charge in [-0.3, -0.25) is 0 Å². The number of rotatable bonds is 5. The van der Waals surface area contributed by atoms with Crippen molar-refractivity contribution in [1.82, 2.24) is 14.9 Å². The van der Waals surface area contributed by atoms with Gasteiger partial charge in [0.05, 0.1) is 6.33 Å². The van der Waals surface area contributed by atoms with Crippen LogP contribution in [-0.2, 0) is 0 Å². The van der Waals surface area contributed by atoms with Gasteiger partial charge in [0.25, 0.3) is 0 Å². The van der Waals surface area contributed by atoms with Crippen LogP contribution in [0.25, 0.3) is 0 Å². The Morgan fingerprint density at radius 3 is 2.78 bits per heavy atom. The van der Waals surface area contributed by atoms with Crippen molar-refractivity contribution in [3.63, 3.8) is 0 Å². The van der Waals surface area contributed by atoms with Crippen molar-refractivity contribution in [3.8, 4) is 0 Å². The summed E-state index contributed by atoms with van der Waals surface area (Å²) in [5.41, 5.74) is 1.94. The first-order valence-electron chi connectivity index (χ1n) is 7.43. The SMILES string of the molecule is CC1(C)C(CNC2CC2)C1c1cncn1C1CC1. The average molecular weight is 245 g/mol. The maximum Gasteiger partial charge on any atom is 0.0950 e. The third-order valence-corrected chi connectivity index (χ3v) is 5.21. The van der Waals surface area contributed by atoms with Gasteiger partial charge in [-0.05, 0) is 43.6 Å². The Kier molecular flexibility index (Phi) is 2.20. The molecule has 18 heavy (non-hydrogen) atoms. The van der Waals surface area contributed by atoms with Crippen molar-refractivity contribution < 1.29 is 0 Å². The lowest BCUT2D eigenvalue weighted by Gasteiger charge is -2.07. The van der Waals surface area contributed by atoms with Gasteiger partial charge in [0, 0.05) is 29.9 Å². The molecule has 1 aromatic rings. The van der Waals surface area contributed by atoms with Crippen molar-refractivity contribution in [2.45, 2.75) is 57.5 Å². The van der Waals surface area contributed by atoms with Gasteiger partial charge in [0.2, 0.25) is 0 Å². The molecule has 1 heterocycles. The number of hydrogen-bond donors (Lipinski definition) is 1. The monoisotopic (exact) mass is 245 g/mol. The molecule has 3 aliphatic rings. The second kappa shape index (κ2) is 3.60. The van der Waals surface area contributed by atoms with E-state index < -0.39 is 0 Å². The summed E-state index contributed by atoms with van der Waals surface area (Å²) in [6, 6.07) is 1.59. The summed E-state index contributed by atoms with van der Waals surface area (Å²) in [5.74, 6) is 1.51. The Morgan fingerprint density at radius 2 is 2.11 bits per heavy atom. The van der Waals surface area contributed by atoms with Crippen LogP contribution in [0.15, 0.2) is 12.5 Å². The zero-order valence-corrected chi connectivity index (χ0v) is 11.4. The van der Waals surface area contributed by atoms with Crippen molar-refractivity contribution >= 4 is 0 Å². The highest BCUT2D eigenvalue weighted by Gasteiger charge is 2.59. The van der Waals surface area contributed by atoms with E-state index in [1.807, 2.05) is 6.33 Å². The van der Waals surface area contributed by atoms with Crippen LogP contribution < -0.4 is 5.32 Å². The molecule has 2 unspecified atom stereocenters. The van der Waals surface area contributed by atoms with Crippen LogP contribution in [-0.4, -0.2) is 22.1 Å². The molecule has 1 aromatic heterocycles. The minimum absolute atomic E-state index is 0.453. The fourth-order valence-electron chi connectivity index (χ4n) is 3.51. The summed E-state index contributed by atoms with van der Waals surface area (Å²) >= 11 is 0. The third kappa shape index (κ3) is 1.71. The molecule has 98 valence electrons. The highest BCUT2D eigenvalue weighted by atomic mass is 15.1. The Bertz CT molecular complexity index is 454. The molecule has 3 nitrogen and oxygen atoms in total. The molecular formula is C15H23N3. The first kappa shape index (κ1) is 11.0. The predicted octanol–water partition coefficient (Wildman–Crippen LogP) is 2.71. The van der Waals surface area contributed by atoms with Crippen LogP contribution in [0.4, 0.5) is 0 Å². The molecule has 4 rings (SSSR count). The molecule has 2 atom stereocenters. The van der Waals surface area contributed by atoms with E-state index in [4.69, 9.17) is 0 Å². The first-order chi connectivity index (χ1) is 8.68. The standard InChI is InChI=1S/C15H23N3/c1-15(2)12(7-17-10-3-4-10)14(15)13-8-16-9-18(13)11-5-6-11/h8-12,14,17H,3-7H2,1-2H3. The van der Waals surface area contributed by atoms with Gasteiger partial charge in [-0.1, -0.05) is 13.8 Å². The fraction of sp³-hybridized carbons (Fsp3) is 0.800. The number of imidazole rings is 1. The zero-order chi connectivity index (χ0) is 12.3. The number of hydrogen-bond acceptors (Lipinski definition) is 2. The van der Waals surface area contributed by atoms with E-state index in [1.165, 1.54) is 37.9 Å². The summed E-state index contributed by atoms with van der Waals surface area (Å²) in [7, 11) is 0. The summed E-state index contributed by atoms with van der Waals surface area (Å²) in [5, 5.41) is 3.70. The molecular weight excluding hydrogens is 222 g/mol. The van der Waals surface area contributed by atoms with Gasteiger partial charge < -0.3 is 9.88 Å². The van der Waals surface area contributed by atoms with E-state index in [1.54, 1.807) is 0 Å². The highest BCUT2D eigenvalue weighted by molar-refractivity contribution is 5.27. The van der Waals surface area contributed by atoms with E-state index in [0.717, 1.165) is 18.0 Å². The molecule has 1 N–H and O–H groups in total. The molecule has 3 fully saturated rings. The van der Waals surface area contributed by atoms with Crippen LogP contribution in [0, 0.1) is 11.3 Å². The smallest absolute Gasteiger partial charge is 0.0950 e. The predicted molar refractivity (Wildman–Crippen MR) is 71.5 cm³/mol. The van der Waals surface area contributed by atoms with Gasteiger partial charge >= 0.3 is 0 Å². The Labute approximate surface area is 109 Å². The van der Waals surface area contributed by atoms with Crippen LogP contribution in [0.2, 0.25) is 0 Å². The molecule has 0 aromatic carbocycles. The summed E-state index contributed by atoms with van der Waals surface area (Å²) in [6.07, 6.45) is 9.63. The van der Waals surface area contributed by atoms with E-state index in [0.29, 0.717) is 11.3 Å². The van der Waals surface area contributed by atoms with E-state index in [9.17, 15) is 0 Å². The normalized spacial score (nSPS) is 33.7. The van der Waals surface area contributed by atoms with Gasteiger partial charge in [0.1, 0.15) is 0 Å². The van der Waals surface area contributed by atoms with Gasteiger partial charge in [-0.25, -0.2) is 4.98 Å². The van der Waals surface area contributed by atoms with E-state index in [-0.39, 0.29) is 0 Å². The van der Waals surface area contributed by atoms with Crippen molar-refractivity contribution in [2.75, 3.05) is 6.54 Å². The minimum atomic E-state index is 0.453. The van der Waals surface area contributed by atoms with Crippen molar-refractivity contribution in [2.24, 2.45) is 11.3 Å². The molecule has 0 amide bonds. The molecule has 3 saturated carbocycles. The van der Waals surface area contributed by atoms with Gasteiger partial charge in [0.15, 0.2) is 0 Å². The van der Waals surface area contributed by atoms with E-state index >= 15 is 0 Å². The highest BCUT2D eigenvalue weighted by Crippen LogP contribution is 2.64. The molecule has 0 bridgehead atoms. The topological polar surface area (TPSA) is 29.9 Å². The summed E-state index contributed by atoms with van der Waals surface area (Å²) < 4.78 is 2.45. The largest absolute Gasteiger partial charge is 0.331 e. The molecule has 3 heteroatoms. The summed E-state index contributed by atoms with van der Waals surface area (Å²) in [4.78, 5) is 4.39. The fourth-order valence-corrected chi connectivity index (χ4v) is 3.51. The van der Waals surface area contributed by atoms with Crippen molar-refractivity contribution in [1.29, 1.82) is 0 Å². The lowest BCUT2D eigenvalue weighted by molar-refractivity contribution is 0.516. The average Bonchev–Trinajstić information content (AvgIpc) is 3.23. The summed E-state index contributed by atoms with van der Waals surface area (Å²) in [6.45, 7) is 6.03. The van der Waals surface area contributed by atoms with Crippen molar-refractivity contribution in [3.05, 3.63) is 18.2 Å². The van der Waals surface area contributed by atoms with Crippen LogP contribution in [0.3, 0.4) is 0 Å². The van der Waals surface area contributed by atoms with E-state index in [2.05, 4.69) is 34.9 Å². The number of nitrogens with one attached hydrogen (secondary N) is 1. The van der Waals surface area contributed by atoms with Gasteiger partial charge in [-0.15, -0.1) is 0 Å². The second-order valence-electron chi connectivity index (χ2n) is 7.05. The molecule has 0 saturated heterocycles. The number of aromatic nitrogens is 2. The maximum atomic E-state index is 4.39. The third-order valence-electron chi connectivity index (χ3n) is 5.21. The Morgan fingerprint density at radius 1 is 1.33 bits per heavy atom. The first-order valence-corrected chi connectivity index (χ1v) is 7.43. The molecule has 3 aliphatic carbocycles. The lowest BCUT2D eigenvalue weighted by Crippen LogP contribution is -2.20. The van der Waals surface area contributed by atoms with Crippen LogP contribution in [0.5, 0.6) is 0 Å². The second-order valence-corrected chi connectivity index (χ2v) is 7.05. The maximum absolute atomic E-state index is 4.39. The quantitative estimate of drug-likeness (QED) is 0.864. The van der Waals surface area contributed by atoms with Gasteiger partial charge in [-0.2, -0.15) is 0 Å².